The zero-order chi connectivity index (χ0) is 15.0. The van der Waals surface area contributed by atoms with Gasteiger partial charge in [0, 0.05) is 30.5 Å². The van der Waals surface area contributed by atoms with Gasteiger partial charge in [-0.15, -0.1) is 0 Å². The van der Waals surface area contributed by atoms with Crippen LogP contribution in [-0.2, 0) is 11.2 Å². The highest BCUT2D eigenvalue weighted by atomic mass is 79.9. The van der Waals surface area contributed by atoms with E-state index in [0.29, 0.717) is 24.4 Å². The van der Waals surface area contributed by atoms with Crippen LogP contribution in [-0.4, -0.2) is 17.9 Å². The van der Waals surface area contributed by atoms with Crippen LogP contribution >= 0.6 is 15.9 Å². The maximum absolute atomic E-state index is 13.9. The van der Waals surface area contributed by atoms with E-state index in [9.17, 15) is 13.6 Å². The molecule has 0 spiro atoms. The standard InChI is InChI=1S/C16H18BrF2NO/c17-14-3-4-15(18)13(16(14)19)8-12(21)7-9-5-10-1-2-11(6-9)20-10/h3-4,9-11,20H,1-2,5-8H2. The zero-order valence-electron chi connectivity index (χ0n) is 11.7. The number of Topliss-reactive ketones (excluding diaryl/α,β-unsaturated/α-hetero) is 1. The maximum atomic E-state index is 13.9. The van der Waals surface area contributed by atoms with E-state index in [1.54, 1.807) is 0 Å². The highest BCUT2D eigenvalue weighted by Crippen LogP contribution is 2.33. The third-order valence-electron chi connectivity index (χ3n) is 4.60. The quantitative estimate of drug-likeness (QED) is 0.831. The first-order valence-corrected chi connectivity index (χ1v) is 8.22. The molecule has 1 N–H and O–H groups in total. The number of halogens is 3. The summed E-state index contributed by atoms with van der Waals surface area (Å²) in [4.78, 5) is 12.2. The molecule has 2 bridgehead atoms. The molecule has 0 saturated carbocycles. The van der Waals surface area contributed by atoms with Crippen molar-refractivity contribution in [3.63, 3.8) is 0 Å². The summed E-state index contributed by atoms with van der Waals surface area (Å²) < 4.78 is 27.8. The van der Waals surface area contributed by atoms with Crippen LogP contribution < -0.4 is 5.32 Å². The normalized spacial score (nSPS) is 27.9. The Kier molecular flexibility index (Phi) is 4.41. The van der Waals surface area contributed by atoms with Crippen molar-refractivity contribution in [1.82, 2.24) is 5.32 Å². The summed E-state index contributed by atoms with van der Waals surface area (Å²) in [5.74, 6) is -1.02. The third kappa shape index (κ3) is 3.34. The lowest BCUT2D eigenvalue weighted by Gasteiger charge is -2.28. The predicted molar refractivity (Wildman–Crippen MR) is 80.1 cm³/mol. The SMILES string of the molecule is O=C(Cc1c(F)ccc(Br)c1F)CC1CC2CCC(C1)N2. The van der Waals surface area contributed by atoms with Gasteiger partial charge in [0.25, 0.3) is 0 Å². The molecule has 1 aromatic carbocycles. The van der Waals surface area contributed by atoms with E-state index in [-0.39, 0.29) is 22.2 Å². The smallest absolute Gasteiger partial charge is 0.143 e. The number of piperidine rings is 1. The fraction of sp³-hybridized carbons (Fsp3) is 0.562. The van der Waals surface area contributed by atoms with Gasteiger partial charge in [-0.1, -0.05) is 0 Å². The van der Waals surface area contributed by atoms with E-state index < -0.39 is 11.6 Å². The molecule has 114 valence electrons. The van der Waals surface area contributed by atoms with Crippen molar-refractivity contribution in [2.24, 2.45) is 5.92 Å². The van der Waals surface area contributed by atoms with Gasteiger partial charge in [0.2, 0.25) is 0 Å². The van der Waals surface area contributed by atoms with E-state index in [0.717, 1.165) is 12.8 Å². The Balaban J connectivity index is 1.63. The Hall–Kier alpha value is -0.810. The second-order valence-electron chi connectivity index (χ2n) is 6.22. The van der Waals surface area contributed by atoms with E-state index >= 15 is 0 Å². The molecular weight excluding hydrogens is 340 g/mol. The van der Waals surface area contributed by atoms with E-state index in [2.05, 4.69) is 21.2 Å². The summed E-state index contributed by atoms with van der Waals surface area (Å²) in [6.45, 7) is 0. The molecule has 5 heteroatoms. The van der Waals surface area contributed by atoms with Crippen molar-refractivity contribution in [3.05, 3.63) is 33.8 Å². The summed E-state index contributed by atoms with van der Waals surface area (Å²) in [5, 5.41) is 3.53. The molecule has 0 radical (unpaired) electrons. The number of carbonyl (C=O) groups excluding carboxylic acids is 1. The number of carbonyl (C=O) groups is 1. The minimum Gasteiger partial charge on any atom is -0.311 e. The van der Waals surface area contributed by atoms with Crippen molar-refractivity contribution in [2.45, 2.75) is 50.6 Å². The molecule has 2 atom stereocenters. The maximum Gasteiger partial charge on any atom is 0.143 e. The van der Waals surface area contributed by atoms with Crippen LogP contribution in [0.5, 0.6) is 0 Å². The van der Waals surface area contributed by atoms with E-state index in [1.165, 1.54) is 25.0 Å². The Bertz CT molecular complexity index is 551. The van der Waals surface area contributed by atoms with Gasteiger partial charge >= 0.3 is 0 Å². The number of rotatable bonds is 4. The number of nitrogens with one attached hydrogen (secondary N) is 1. The summed E-state index contributed by atoms with van der Waals surface area (Å²) in [5.41, 5.74) is -0.119. The van der Waals surface area contributed by atoms with Crippen molar-refractivity contribution in [3.8, 4) is 0 Å². The third-order valence-corrected chi connectivity index (χ3v) is 5.21. The van der Waals surface area contributed by atoms with Crippen LogP contribution in [0.25, 0.3) is 0 Å². The number of ketones is 1. The van der Waals surface area contributed by atoms with Gasteiger partial charge in [-0.25, -0.2) is 8.78 Å². The summed E-state index contributed by atoms with van der Waals surface area (Å²) in [7, 11) is 0. The van der Waals surface area contributed by atoms with Gasteiger partial charge in [-0.2, -0.15) is 0 Å². The molecule has 2 aliphatic rings. The zero-order valence-corrected chi connectivity index (χ0v) is 13.3. The largest absolute Gasteiger partial charge is 0.311 e. The minimum absolute atomic E-state index is 0.0720. The van der Waals surface area contributed by atoms with Crippen LogP contribution in [0, 0.1) is 17.6 Å². The first-order valence-electron chi connectivity index (χ1n) is 7.43. The average Bonchev–Trinajstić information content (AvgIpc) is 2.78. The average molecular weight is 358 g/mol. The van der Waals surface area contributed by atoms with E-state index in [1.807, 2.05) is 0 Å². The molecule has 3 rings (SSSR count). The number of hydrogen-bond donors (Lipinski definition) is 1. The second kappa shape index (κ2) is 6.13. The number of fused-ring (bicyclic) bond motifs is 2. The van der Waals surface area contributed by atoms with Gasteiger partial charge in [-0.3, -0.25) is 4.79 Å². The van der Waals surface area contributed by atoms with Crippen LogP contribution in [0.2, 0.25) is 0 Å². The molecule has 2 fully saturated rings. The second-order valence-corrected chi connectivity index (χ2v) is 7.07. The first-order chi connectivity index (χ1) is 10.0. The van der Waals surface area contributed by atoms with Gasteiger partial charge < -0.3 is 5.32 Å². The highest BCUT2D eigenvalue weighted by Gasteiger charge is 2.34. The monoisotopic (exact) mass is 357 g/mol. The fourth-order valence-corrected chi connectivity index (χ4v) is 4.04. The van der Waals surface area contributed by atoms with Crippen LogP contribution in [0.4, 0.5) is 8.78 Å². The van der Waals surface area contributed by atoms with Gasteiger partial charge in [0.1, 0.15) is 17.4 Å². The van der Waals surface area contributed by atoms with Crippen LogP contribution in [0.1, 0.15) is 37.7 Å². The lowest BCUT2D eigenvalue weighted by molar-refractivity contribution is -0.119. The molecule has 2 heterocycles. The predicted octanol–water partition coefficient (Wildman–Crippen LogP) is 3.76. The molecule has 2 unspecified atom stereocenters. The number of benzene rings is 1. The Morgan fingerprint density at radius 1 is 1.24 bits per heavy atom. The molecule has 2 aliphatic heterocycles. The van der Waals surface area contributed by atoms with Crippen LogP contribution in [0.3, 0.4) is 0 Å². The summed E-state index contributed by atoms with van der Waals surface area (Å²) in [6, 6.07) is 3.57. The van der Waals surface area contributed by atoms with Gasteiger partial charge in [0.15, 0.2) is 0 Å². The number of hydrogen-bond acceptors (Lipinski definition) is 2. The fourth-order valence-electron chi connectivity index (χ4n) is 3.66. The van der Waals surface area contributed by atoms with Gasteiger partial charge in [0.05, 0.1) is 4.47 Å². The molecular formula is C16H18BrF2NO. The first kappa shape index (κ1) is 15.1. The van der Waals surface area contributed by atoms with Crippen LogP contribution in [0.15, 0.2) is 16.6 Å². The molecule has 0 aliphatic carbocycles. The van der Waals surface area contributed by atoms with Gasteiger partial charge in [-0.05, 0) is 59.7 Å². The van der Waals surface area contributed by atoms with Crippen molar-refractivity contribution in [2.75, 3.05) is 0 Å². The highest BCUT2D eigenvalue weighted by molar-refractivity contribution is 9.10. The molecule has 0 aromatic heterocycles. The molecule has 2 nitrogen and oxygen atoms in total. The lowest BCUT2D eigenvalue weighted by Crippen LogP contribution is -2.38. The molecule has 0 amide bonds. The Morgan fingerprint density at radius 3 is 2.57 bits per heavy atom. The Morgan fingerprint density at radius 2 is 1.90 bits per heavy atom. The molecule has 2 saturated heterocycles. The van der Waals surface area contributed by atoms with Crippen molar-refractivity contribution < 1.29 is 13.6 Å². The molecule has 1 aromatic rings. The van der Waals surface area contributed by atoms with Crippen molar-refractivity contribution in [1.29, 1.82) is 0 Å². The Labute approximate surface area is 131 Å². The topological polar surface area (TPSA) is 29.1 Å². The van der Waals surface area contributed by atoms with E-state index in [4.69, 9.17) is 0 Å². The molecule has 21 heavy (non-hydrogen) atoms. The minimum atomic E-state index is -0.659. The lowest BCUT2D eigenvalue weighted by atomic mass is 9.87. The summed E-state index contributed by atoms with van der Waals surface area (Å²) >= 11 is 3.03. The summed E-state index contributed by atoms with van der Waals surface area (Å²) in [6.07, 6.45) is 4.66. The van der Waals surface area contributed by atoms with Crippen molar-refractivity contribution >= 4 is 21.7 Å².